The first-order valence-corrected chi connectivity index (χ1v) is 9.03. The molecule has 0 spiro atoms. The first-order chi connectivity index (χ1) is 10.7. The lowest BCUT2D eigenvalue weighted by Crippen LogP contribution is -2.30. The molecule has 0 radical (unpaired) electrons. The normalized spacial score (nSPS) is 19.9. The molecule has 1 aromatic rings. The minimum absolute atomic E-state index is 0.231. The standard InChI is InChI=1S/C18H29N3O/c1-14-13-20-18(16-8-5-9-16)21(14)11-10-19-17(22)12-15-6-3-2-4-7-15/h13,15-16H,2-12H2,1H3,(H,19,22). The summed E-state index contributed by atoms with van der Waals surface area (Å²) in [6.45, 7) is 3.69. The van der Waals surface area contributed by atoms with E-state index in [0.29, 0.717) is 11.8 Å². The number of nitrogens with one attached hydrogen (secondary N) is 1. The van der Waals surface area contributed by atoms with E-state index >= 15 is 0 Å². The van der Waals surface area contributed by atoms with Crippen LogP contribution in [0, 0.1) is 12.8 Å². The molecular formula is C18H29N3O. The van der Waals surface area contributed by atoms with Gasteiger partial charge in [0.2, 0.25) is 5.91 Å². The second kappa shape index (κ2) is 7.30. The maximum absolute atomic E-state index is 12.1. The van der Waals surface area contributed by atoms with Crippen LogP contribution in [0.5, 0.6) is 0 Å². The molecule has 0 aliphatic heterocycles. The van der Waals surface area contributed by atoms with Crippen molar-refractivity contribution in [2.24, 2.45) is 5.92 Å². The highest BCUT2D eigenvalue weighted by Gasteiger charge is 2.24. The van der Waals surface area contributed by atoms with Gasteiger partial charge in [-0.3, -0.25) is 4.79 Å². The first-order valence-electron chi connectivity index (χ1n) is 9.03. The number of carbonyl (C=O) groups is 1. The number of nitrogens with zero attached hydrogens (tertiary/aromatic N) is 2. The Balaban J connectivity index is 1.44. The van der Waals surface area contributed by atoms with Crippen molar-refractivity contribution >= 4 is 5.91 Å². The third-order valence-electron chi connectivity index (χ3n) is 5.41. The van der Waals surface area contributed by atoms with Gasteiger partial charge in [0.05, 0.1) is 0 Å². The first kappa shape index (κ1) is 15.6. The Hall–Kier alpha value is -1.32. The van der Waals surface area contributed by atoms with Crippen molar-refractivity contribution in [3.05, 3.63) is 17.7 Å². The Morgan fingerprint density at radius 3 is 2.68 bits per heavy atom. The minimum Gasteiger partial charge on any atom is -0.354 e. The number of hydrogen-bond acceptors (Lipinski definition) is 2. The molecule has 1 heterocycles. The van der Waals surface area contributed by atoms with Gasteiger partial charge in [-0.25, -0.2) is 4.98 Å². The topological polar surface area (TPSA) is 46.9 Å². The Labute approximate surface area is 133 Å². The Morgan fingerprint density at radius 2 is 2.00 bits per heavy atom. The van der Waals surface area contributed by atoms with Gasteiger partial charge in [0.25, 0.3) is 0 Å². The van der Waals surface area contributed by atoms with Crippen molar-refractivity contribution in [1.82, 2.24) is 14.9 Å². The van der Waals surface area contributed by atoms with Crippen LogP contribution in [0.1, 0.15) is 75.2 Å². The largest absolute Gasteiger partial charge is 0.354 e. The van der Waals surface area contributed by atoms with Crippen molar-refractivity contribution in [3.63, 3.8) is 0 Å². The van der Waals surface area contributed by atoms with E-state index in [0.717, 1.165) is 19.5 Å². The highest BCUT2D eigenvalue weighted by Crippen LogP contribution is 2.35. The number of carbonyl (C=O) groups excluding carboxylic acids is 1. The summed E-state index contributed by atoms with van der Waals surface area (Å²) in [4.78, 5) is 16.7. The summed E-state index contributed by atoms with van der Waals surface area (Å²) in [6, 6.07) is 0. The van der Waals surface area contributed by atoms with E-state index in [4.69, 9.17) is 0 Å². The maximum Gasteiger partial charge on any atom is 0.220 e. The quantitative estimate of drug-likeness (QED) is 0.873. The molecule has 4 heteroatoms. The molecule has 22 heavy (non-hydrogen) atoms. The third kappa shape index (κ3) is 3.71. The zero-order valence-electron chi connectivity index (χ0n) is 13.8. The summed E-state index contributed by atoms with van der Waals surface area (Å²) in [6.07, 6.45) is 13.0. The molecule has 0 bridgehead atoms. The van der Waals surface area contributed by atoms with Crippen LogP contribution in [0.15, 0.2) is 6.20 Å². The lowest BCUT2D eigenvalue weighted by atomic mass is 9.85. The average Bonchev–Trinajstić information content (AvgIpc) is 2.80. The van der Waals surface area contributed by atoms with Crippen LogP contribution in [0.25, 0.3) is 0 Å². The zero-order chi connectivity index (χ0) is 15.4. The van der Waals surface area contributed by atoms with E-state index < -0.39 is 0 Å². The monoisotopic (exact) mass is 303 g/mol. The second-order valence-electron chi connectivity index (χ2n) is 7.10. The highest BCUT2D eigenvalue weighted by atomic mass is 16.1. The fourth-order valence-electron chi connectivity index (χ4n) is 3.80. The van der Waals surface area contributed by atoms with Crippen LogP contribution in [-0.4, -0.2) is 22.0 Å². The van der Waals surface area contributed by atoms with E-state index in [1.807, 2.05) is 6.20 Å². The van der Waals surface area contributed by atoms with Gasteiger partial charge in [-0.1, -0.05) is 25.7 Å². The maximum atomic E-state index is 12.1. The highest BCUT2D eigenvalue weighted by molar-refractivity contribution is 5.76. The number of hydrogen-bond donors (Lipinski definition) is 1. The molecule has 3 rings (SSSR count). The fourth-order valence-corrected chi connectivity index (χ4v) is 3.80. The van der Waals surface area contributed by atoms with Crippen LogP contribution in [0.2, 0.25) is 0 Å². The molecule has 0 atom stereocenters. The number of imidazole rings is 1. The van der Waals surface area contributed by atoms with Crippen LogP contribution >= 0.6 is 0 Å². The molecule has 2 saturated carbocycles. The molecule has 4 nitrogen and oxygen atoms in total. The Bertz CT molecular complexity index is 498. The van der Waals surface area contributed by atoms with Crippen LogP contribution < -0.4 is 5.32 Å². The number of aryl methyl sites for hydroxylation is 1. The molecule has 0 aromatic carbocycles. The Morgan fingerprint density at radius 1 is 1.23 bits per heavy atom. The van der Waals surface area contributed by atoms with Gasteiger partial charge in [0, 0.05) is 37.3 Å². The molecular weight excluding hydrogens is 274 g/mol. The molecule has 1 amide bonds. The van der Waals surface area contributed by atoms with E-state index in [1.54, 1.807) is 0 Å². The van der Waals surface area contributed by atoms with Gasteiger partial charge in [-0.2, -0.15) is 0 Å². The minimum atomic E-state index is 0.231. The summed E-state index contributed by atoms with van der Waals surface area (Å²) in [5, 5.41) is 3.11. The van der Waals surface area contributed by atoms with Crippen molar-refractivity contribution < 1.29 is 4.79 Å². The van der Waals surface area contributed by atoms with Gasteiger partial charge in [-0.05, 0) is 38.5 Å². The number of rotatable bonds is 6. The summed E-state index contributed by atoms with van der Waals surface area (Å²) in [7, 11) is 0. The van der Waals surface area contributed by atoms with Crippen LogP contribution in [0.4, 0.5) is 0 Å². The summed E-state index contributed by atoms with van der Waals surface area (Å²) in [5.41, 5.74) is 1.21. The van der Waals surface area contributed by atoms with E-state index in [1.165, 1.54) is 62.9 Å². The lowest BCUT2D eigenvalue weighted by molar-refractivity contribution is -0.122. The van der Waals surface area contributed by atoms with E-state index in [2.05, 4.69) is 21.8 Å². The fraction of sp³-hybridized carbons (Fsp3) is 0.778. The molecule has 2 aliphatic rings. The predicted molar refractivity (Wildman–Crippen MR) is 87.8 cm³/mol. The molecule has 1 N–H and O–H groups in total. The number of amides is 1. The SMILES string of the molecule is Cc1cnc(C2CCC2)n1CCNC(=O)CC1CCCCC1. The zero-order valence-corrected chi connectivity index (χ0v) is 13.8. The lowest BCUT2D eigenvalue weighted by Gasteiger charge is -2.26. The van der Waals surface area contributed by atoms with Gasteiger partial charge < -0.3 is 9.88 Å². The third-order valence-corrected chi connectivity index (χ3v) is 5.41. The molecule has 122 valence electrons. The molecule has 2 aliphatic carbocycles. The molecule has 1 aromatic heterocycles. The molecule has 0 saturated heterocycles. The van der Waals surface area contributed by atoms with Gasteiger partial charge in [0.15, 0.2) is 0 Å². The smallest absolute Gasteiger partial charge is 0.220 e. The molecule has 0 unspecified atom stereocenters. The predicted octanol–water partition coefficient (Wildman–Crippen LogP) is 3.55. The van der Waals surface area contributed by atoms with Gasteiger partial charge in [0.1, 0.15) is 5.82 Å². The number of aromatic nitrogens is 2. The summed E-state index contributed by atoms with van der Waals surface area (Å²) < 4.78 is 2.30. The van der Waals surface area contributed by atoms with E-state index in [9.17, 15) is 4.79 Å². The van der Waals surface area contributed by atoms with Crippen molar-refractivity contribution in [3.8, 4) is 0 Å². The van der Waals surface area contributed by atoms with Gasteiger partial charge in [-0.15, -0.1) is 0 Å². The van der Waals surface area contributed by atoms with E-state index in [-0.39, 0.29) is 5.91 Å². The average molecular weight is 303 g/mol. The summed E-state index contributed by atoms with van der Waals surface area (Å²) >= 11 is 0. The Kier molecular flexibility index (Phi) is 5.16. The van der Waals surface area contributed by atoms with Crippen molar-refractivity contribution in [2.45, 2.75) is 77.2 Å². The molecule has 2 fully saturated rings. The second-order valence-corrected chi connectivity index (χ2v) is 7.10. The van der Waals surface area contributed by atoms with Gasteiger partial charge >= 0.3 is 0 Å². The van der Waals surface area contributed by atoms with Crippen LogP contribution in [0.3, 0.4) is 0 Å². The van der Waals surface area contributed by atoms with Crippen molar-refractivity contribution in [2.75, 3.05) is 6.54 Å². The van der Waals surface area contributed by atoms with Crippen molar-refractivity contribution in [1.29, 1.82) is 0 Å². The summed E-state index contributed by atoms with van der Waals surface area (Å²) in [5.74, 6) is 2.72. The van der Waals surface area contributed by atoms with Crippen LogP contribution in [-0.2, 0) is 11.3 Å².